The molecule has 106 valence electrons. The lowest BCUT2D eigenvalue weighted by Gasteiger charge is -2.42. The molecule has 0 fully saturated rings. The molecule has 0 radical (unpaired) electrons. The quantitative estimate of drug-likeness (QED) is 0.605. The molecular formula is C10H19O7P. The van der Waals surface area contributed by atoms with Crippen molar-refractivity contribution in [2.75, 3.05) is 7.11 Å². The zero-order valence-electron chi connectivity index (χ0n) is 10.8. The Morgan fingerprint density at radius 3 is 1.78 bits per heavy atom. The van der Waals surface area contributed by atoms with Crippen LogP contribution in [0.25, 0.3) is 0 Å². The number of carbonyl (C=O) groups is 2. The molecule has 0 rings (SSSR count). The van der Waals surface area contributed by atoms with E-state index in [-0.39, 0.29) is 12.8 Å². The Hall–Kier alpha value is -0.910. The molecule has 3 unspecified atom stereocenters. The molecule has 18 heavy (non-hydrogen) atoms. The smallest absolute Gasteiger partial charge is 0.346 e. The maximum atomic E-state index is 12.1. The average molecular weight is 282 g/mol. The van der Waals surface area contributed by atoms with Crippen molar-refractivity contribution in [3.05, 3.63) is 0 Å². The SMILES string of the molecule is CCC(C)(C(=O)O)C(CC)(C(=O)O)P(=O)(O)OC. The summed E-state index contributed by atoms with van der Waals surface area (Å²) in [4.78, 5) is 32.7. The van der Waals surface area contributed by atoms with Crippen molar-refractivity contribution in [3.8, 4) is 0 Å². The molecule has 0 aromatic carbocycles. The van der Waals surface area contributed by atoms with Gasteiger partial charge in [0.2, 0.25) is 0 Å². The molecule has 3 N–H and O–H groups in total. The van der Waals surface area contributed by atoms with Gasteiger partial charge in [0.25, 0.3) is 0 Å². The fourth-order valence-corrected chi connectivity index (χ4v) is 4.02. The molecule has 7 nitrogen and oxygen atoms in total. The van der Waals surface area contributed by atoms with E-state index in [9.17, 15) is 29.3 Å². The summed E-state index contributed by atoms with van der Waals surface area (Å²) in [5.41, 5.74) is -1.91. The molecule has 0 saturated heterocycles. The van der Waals surface area contributed by atoms with Gasteiger partial charge in [-0.3, -0.25) is 14.2 Å². The van der Waals surface area contributed by atoms with Crippen molar-refractivity contribution in [1.29, 1.82) is 0 Å². The number of hydrogen-bond acceptors (Lipinski definition) is 4. The average Bonchev–Trinajstić information content (AvgIpc) is 2.28. The van der Waals surface area contributed by atoms with Crippen LogP contribution in [-0.4, -0.2) is 39.3 Å². The molecule has 3 atom stereocenters. The Kier molecular flexibility index (Phi) is 5.11. The van der Waals surface area contributed by atoms with Crippen molar-refractivity contribution >= 4 is 19.5 Å². The highest BCUT2D eigenvalue weighted by Crippen LogP contribution is 2.65. The summed E-state index contributed by atoms with van der Waals surface area (Å²) in [6.07, 6.45) is -0.447. The topological polar surface area (TPSA) is 121 Å². The van der Waals surface area contributed by atoms with E-state index in [0.717, 1.165) is 14.0 Å². The second-order valence-electron chi connectivity index (χ2n) is 4.21. The highest BCUT2D eigenvalue weighted by Gasteiger charge is 2.67. The van der Waals surface area contributed by atoms with E-state index < -0.39 is 30.1 Å². The number of rotatable bonds is 7. The highest BCUT2D eigenvalue weighted by atomic mass is 31.2. The van der Waals surface area contributed by atoms with Gasteiger partial charge in [0.1, 0.15) is 0 Å². The first-order chi connectivity index (χ1) is 8.07. The van der Waals surface area contributed by atoms with Crippen LogP contribution in [0, 0.1) is 5.41 Å². The van der Waals surface area contributed by atoms with Gasteiger partial charge in [-0.05, 0) is 19.8 Å². The minimum Gasteiger partial charge on any atom is -0.481 e. The van der Waals surface area contributed by atoms with Crippen molar-refractivity contribution in [3.63, 3.8) is 0 Å². The highest BCUT2D eigenvalue weighted by molar-refractivity contribution is 7.56. The normalized spacial score (nSPS) is 21.4. The fraction of sp³-hybridized carbons (Fsp3) is 0.800. The number of hydrogen-bond donors (Lipinski definition) is 3. The van der Waals surface area contributed by atoms with Gasteiger partial charge in [0, 0.05) is 7.11 Å². The third-order valence-electron chi connectivity index (χ3n) is 3.69. The first kappa shape index (κ1) is 17.1. The van der Waals surface area contributed by atoms with Gasteiger partial charge < -0.3 is 19.6 Å². The Morgan fingerprint density at radius 1 is 1.17 bits per heavy atom. The first-order valence-electron chi connectivity index (χ1n) is 5.42. The third-order valence-corrected chi connectivity index (χ3v) is 6.15. The van der Waals surface area contributed by atoms with Gasteiger partial charge in [-0.15, -0.1) is 0 Å². The van der Waals surface area contributed by atoms with E-state index in [2.05, 4.69) is 4.52 Å². The largest absolute Gasteiger partial charge is 0.481 e. The van der Waals surface area contributed by atoms with Crippen molar-refractivity contribution < 1.29 is 33.8 Å². The van der Waals surface area contributed by atoms with Gasteiger partial charge in [-0.25, -0.2) is 0 Å². The van der Waals surface area contributed by atoms with E-state index in [1.807, 2.05) is 0 Å². The summed E-state index contributed by atoms with van der Waals surface area (Å²) in [6, 6.07) is 0. The van der Waals surface area contributed by atoms with E-state index in [0.29, 0.717) is 0 Å². The summed E-state index contributed by atoms with van der Waals surface area (Å²) < 4.78 is 16.5. The zero-order chi connectivity index (χ0) is 14.8. The second-order valence-corrected chi connectivity index (χ2v) is 6.38. The summed E-state index contributed by atoms with van der Waals surface area (Å²) >= 11 is 0. The predicted octanol–water partition coefficient (Wildman–Crippen LogP) is 1.55. The van der Waals surface area contributed by atoms with E-state index in [1.54, 1.807) is 0 Å². The summed E-state index contributed by atoms with van der Waals surface area (Å²) in [7, 11) is -3.75. The molecule has 0 aliphatic rings. The lowest BCUT2D eigenvalue weighted by Crippen LogP contribution is -2.56. The Labute approximate surface area is 105 Å². The zero-order valence-corrected chi connectivity index (χ0v) is 11.7. The standard InChI is InChI=1S/C10H19O7P/c1-5-9(3,7(11)12)10(6-2,8(13)14)18(15,16)17-4/h5-6H2,1-4H3,(H,11,12)(H,13,14)(H,15,16). The minimum absolute atomic E-state index is 0.115. The molecule has 0 aromatic rings. The number of aliphatic carboxylic acids is 2. The molecular weight excluding hydrogens is 263 g/mol. The molecule has 0 aromatic heterocycles. The summed E-state index contributed by atoms with van der Waals surface area (Å²) in [5.74, 6) is -3.09. The van der Waals surface area contributed by atoms with Crippen LogP contribution in [0.3, 0.4) is 0 Å². The van der Waals surface area contributed by atoms with Crippen LogP contribution in [-0.2, 0) is 18.7 Å². The van der Waals surface area contributed by atoms with Gasteiger partial charge in [-0.2, -0.15) is 0 Å². The molecule has 0 aliphatic carbocycles. The van der Waals surface area contributed by atoms with Gasteiger partial charge in [0.15, 0.2) is 5.16 Å². The van der Waals surface area contributed by atoms with Crippen LogP contribution < -0.4 is 0 Å². The lowest BCUT2D eigenvalue weighted by atomic mass is 9.72. The lowest BCUT2D eigenvalue weighted by molar-refractivity contribution is -0.160. The van der Waals surface area contributed by atoms with E-state index >= 15 is 0 Å². The first-order valence-corrected chi connectivity index (χ1v) is 7.00. The van der Waals surface area contributed by atoms with Crippen LogP contribution in [0.4, 0.5) is 0 Å². The Bertz CT molecular complexity index is 394. The predicted molar refractivity (Wildman–Crippen MR) is 63.5 cm³/mol. The summed E-state index contributed by atoms with van der Waals surface area (Å²) in [5, 5.41) is 16.2. The van der Waals surface area contributed by atoms with Crippen LogP contribution >= 0.6 is 7.60 Å². The van der Waals surface area contributed by atoms with Gasteiger partial charge >= 0.3 is 19.5 Å². The molecule has 0 aliphatic heterocycles. The molecule has 0 spiro atoms. The van der Waals surface area contributed by atoms with Crippen LogP contribution in [0.1, 0.15) is 33.6 Å². The monoisotopic (exact) mass is 282 g/mol. The van der Waals surface area contributed by atoms with Crippen molar-refractivity contribution in [1.82, 2.24) is 0 Å². The second kappa shape index (κ2) is 5.38. The van der Waals surface area contributed by atoms with Gasteiger partial charge in [0.05, 0.1) is 5.41 Å². The molecule has 8 heteroatoms. The maximum absolute atomic E-state index is 12.1. The number of carboxylic acids is 2. The van der Waals surface area contributed by atoms with Crippen molar-refractivity contribution in [2.24, 2.45) is 5.41 Å². The Balaban J connectivity index is 6.33. The van der Waals surface area contributed by atoms with E-state index in [4.69, 9.17) is 0 Å². The maximum Gasteiger partial charge on any atom is 0.346 e. The Morgan fingerprint density at radius 2 is 1.61 bits per heavy atom. The van der Waals surface area contributed by atoms with Crippen LogP contribution in [0.2, 0.25) is 0 Å². The van der Waals surface area contributed by atoms with Crippen LogP contribution in [0.5, 0.6) is 0 Å². The molecule has 0 saturated carbocycles. The van der Waals surface area contributed by atoms with Crippen LogP contribution in [0.15, 0.2) is 0 Å². The molecule has 0 bridgehead atoms. The summed E-state index contributed by atoms with van der Waals surface area (Å²) in [6.45, 7) is 3.96. The molecule has 0 heterocycles. The fourth-order valence-electron chi connectivity index (χ4n) is 2.19. The van der Waals surface area contributed by atoms with Crippen molar-refractivity contribution in [2.45, 2.75) is 38.8 Å². The number of carboxylic acid groups (broad SMARTS) is 2. The third kappa shape index (κ3) is 2.06. The molecule has 0 amide bonds. The van der Waals surface area contributed by atoms with E-state index in [1.165, 1.54) is 13.8 Å². The van der Waals surface area contributed by atoms with Gasteiger partial charge in [-0.1, -0.05) is 13.8 Å². The minimum atomic E-state index is -4.64.